The number of thiophene rings is 1. The molecule has 8 aromatic carbocycles. The molecule has 218 valence electrons. The number of rotatable bonds is 3. The number of hydrogen-bond acceptors (Lipinski definition) is 2. The molecule has 47 heavy (non-hydrogen) atoms. The van der Waals surface area contributed by atoms with Crippen LogP contribution >= 0.6 is 11.3 Å². The molecule has 0 amide bonds. The third-order valence-electron chi connectivity index (χ3n) is 9.59. The van der Waals surface area contributed by atoms with Crippen LogP contribution in [0.15, 0.2) is 164 Å². The first-order valence-electron chi connectivity index (χ1n) is 16.0. The van der Waals surface area contributed by atoms with Crippen molar-refractivity contribution >= 4 is 74.7 Å². The van der Waals surface area contributed by atoms with Crippen LogP contribution in [0.1, 0.15) is 0 Å². The molecule has 1 nitrogen and oxygen atoms in total. The lowest BCUT2D eigenvalue weighted by Crippen LogP contribution is -1.90. The quantitative estimate of drug-likeness (QED) is 0.181. The van der Waals surface area contributed by atoms with Crippen molar-refractivity contribution in [2.75, 3.05) is 0 Å². The second-order valence-electron chi connectivity index (χ2n) is 12.4. The number of nitrogens with zero attached hydrogens (tertiary/aromatic N) is 1. The van der Waals surface area contributed by atoms with Crippen LogP contribution in [0.3, 0.4) is 0 Å². The molecule has 2 heteroatoms. The lowest BCUT2D eigenvalue weighted by molar-refractivity contribution is 1.43. The van der Waals surface area contributed by atoms with Crippen LogP contribution in [0.4, 0.5) is 0 Å². The molecule has 10 rings (SSSR count). The lowest BCUT2D eigenvalue weighted by atomic mass is 9.94. The minimum Gasteiger partial charge on any atom is -0.247 e. The number of benzene rings is 8. The monoisotopic (exact) mass is 613 g/mol. The summed E-state index contributed by atoms with van der Waals surface area (Å²) in [5, 5.41) is 11.3. The second-order valence-corrected chi connectivity index (χ2v) is 13.5. The summed E-state index contributed by atoms with van der Waals surface area (Å²) in [5.41, 5.74) is 8.05. The fourth-order valence-corrected chi connectivity index (χ4v) is 8.34. The zero-order valence-electron chi connectivity index (χ0n) is 25.4. The summed E-state index contributed by atoms with van der Waals surface area (Å²) in [6, 6.07) is 59.8. The van der Waals surface area contributed by atoms with E-state index in [-0.39, 0.29) is 0 Å². The van der Waals surface area contributed by atoms with Gasteiger partial charge >= 0.3 is 0 Å². The Morgan fingerprint density at radius 2 is 0.915 bits per heavy atom. The molecule has 0 fully saturated rings. The summed E-state index contributed by atoms with van der Waals surface area (Å²) in [7, 11) is 0. The van der Waals surface area contributed by atoms with Crippen molar-refractivity contribution < 1.29 is 0 Å². The maximum atomic E-state index is 5.28. The summed E-state index contributed by atoms with van der Waals surface area (Å²) < 4.78 is 2.62. The number of para-hydroxylation sites is 1. The molecule has 10 aromatic rings. The van der Waals surface area contributed by atoms with Crippen molar-refractivity contribution in [3.8, 4) is 33.5 Å². The highest BCUT2D eigenvalue weighted by Gasteiger charge is 2.15. The standard InChI is InChI=1S/C45H27NS/c1-2-9-29-22-32(17-16-28(29)8-1)34-21-20-33-23-31(18-19-35(33)24-34)30-10-7-11-36(25-30)45-41-27-44-40(38-13-4-6-15-43(38)47-44)26-39(41)37-12-3-5-14-42(37)46-45/h1-27H. The van der Waals surface area contributed by atoms with E-state index < -0.39 is 0 Å². The average Bonchev–Trinajstić information content (AvgIpc) is 3.50. The van der Waals surface area contributed by atoms with Gasteiger partial charge < -0.3 is 0 Å². The molecule has 0 spiro atoms. The summed E-state index contributed by atoms with van der Waals surface area (Å²) >= 11 is 1.86. The lowest BCUT2D eigenvalue weighted by Gasteiger charge is -2.12. The van der Waals surface area contributed by atoms with Gasteiger partial charge in [-0.15, -0.1) is 11.3 Å². The molecule has 0 bridgehead atoms. The van der Waals surface area contributed by atoms with Crippen LogP contribution in [0.2, 0.25) is 0 Å². The summed E-state index contributed by atoms with van der Waals surface area (Å²) in [6.45, 7) is 0. The topological polar surface area (TPSA) is 12.9 Å². The molecule has 0 radical (unpaired) electrons. The third-order valence-corrected chi connectivity index (χ3v) is 10.7. The van der Waals surface area contributed by atoms with Crippen molar-refractivity contribution in [1.29, 1.82) is 0 Å². The van der Waals surface area contributed by atoms with Gasteiger partial charge in [-0.25, -0.2) is 4.98 Å². The SMILES string of the molecule is c1cc(-c2ccc3cc(-c4ccc5ccccc5c4)ccc3c2)cc(-c2nc3ccccc3c3cc4c(cc23)sc2ccccc24)c1. The van der Waals surface area contributed by atoms with Crippen LogP contribution in [-0.4, -0.2) is 4.98 Å². The van der Waals surface area contributed by atoms with Crippen LogP contribution in [0.25, 0.3) is 96.9 Å². The van der Waals surface area contributed by atoms with Gasteiger partial charge in [-0.1, -0.05) is 115 Å². The molecule has 0 saturated heterocycles. The van der Waals surface area contributed by atoms with Gasteiger partial charge in [0, 0.05) is 36.5 Å². The minimum absolute atomic E-state index is 1.02. The highest BCUT2D eigenvalue weighted by Crippen LogP contribution is 2.41. The molecule has 0 saturated carbocycles. The summed E-state index contributed by atoms with van der Waals surface area (Å²) in [5.74, 6) is 0. The Labute approximate surface area is 276 Å². The van der Waals surface area contributed by atoms with Crippen molar-refractivity contribution in [2.45, 2.75) is 0 Å². The number of aromatic nitrogens is 1. The van der Waals surface area contributed by atoms with E-state index in [1.54, 1.807) is 0 Å². The number of pyridine rings is 1. The predicted octanol–water partition coefficient (Wildman–Crippen LogP) is 13.1. The minimum atomic E-state index is 1.02. The van der Waals surface area contributed by atoms with Crippen LogP contribution in [0, 0.1) is 0 Å². The molecular formula is C45H27NS. The molecular weight excluding hydrogens is 587 g/mol. The first-order chi connectivity index (χ1) is 23.2. The van der Waals surface area contributed by atoms with E-state index in [2.05, 4.69) is 164 Å². The number of hydrogen-bond donors (Lipinski definition) is 0. The molecule has 0 aliphatic carbocycles. The van der Waals surface area contributed by atoms with Crippen molar-refractivity contribution in [2.24, 2.45) is 0 Å². The fraction of sp³-hybridized carbons (Fsp3) is 0. The summed E-state index contributed by atoms with van der Waals surface area (Å²) in [4.78, 5) is 5.28. The van der Waals surface area contributed by atoms with Crippen molar-refractivity contribution in [3.63, 3.8) is 0 Å². The molecule has 0 aliphatic heterocycles. The van der Waals surface area contributed by atoms with Crippen molar-refractivity contribution in [3.05, 3.63) is 164 Å². The Kier molecular flexibility index (Phi) is 5.81. The average molecular weight is 614 g/mol. The molecule has 0 N–H and O–H groups in total. The first-order valence-corrected chi connectivity index (χ1v) is 16.8. The zero-order valence-corrected chi connectivity index (χ0v) is 26.3. The van der Waals surface area contributed by atoms with Gasteiger partial charge in [0.05, 0.1) is 11.2 Å². The maximum Gasteiger partial charge on any atom is 0.0788 e. The Morgan fingerprint density at radius 1 is 0.319 bits per heavy atom. The van der Waals surface area contributed by atoms with Gasteiger partial charge in [-0.3, -0.25) is 0 Å². The van der Waals surface area contributed by atoms with E-state index in [0.717, 1.165) is 16.8 Å². The predicted molar refractivity (Wildman–Crippen MR) is 203 cm³/mol. The molecule has 2 heterocycles. The van der Waals surface area contributed by atoms with E-state index in [0.29, 0.717) is 0 Å². The highest BCUT2D eigenvalue weighted by molar-refractivity contribution is 7.25. The van der Waals surface area contributed by atoms with Crippen LogP contribution < -0.4 is 0 Å². The Balaban J connectivity index is 1.09. The van der Waals surface area contributed by atoms with Gasteiger partial charge in [-0.05, 0) is 97.7 Å². The van der Waals surface area contributed by atoms with Gasteiger partial charge in [-0.2, -0.15) is 0 Å². The second kappa shape index (κ2) is 10.3. The van der Waals surface area contributed by atoms with Crippen LogP contribution in [-0.2, 0) is 0 Å². The first kappa shape index (κ1) is 26.4. The zero-order chi connectivity index (χ0) is 30.9. The fourth-order valence-electron chi connectivity index (χ4n) is 7.21. The van der Waals surface area contributed by atoms with E-state index in [4.69, 9.17) is 4.98 Å². The van der Waals surface area contributed by atoms with E-state index in [1.807, 2.05) is 11.3 Å². The molecule has 0 unspecified atom stereocenters. The van der Waals surface area contributed by atoms with E-state index in [9.17, 15) is 0 Å². The summed E-state index contributed by atoms with van der Waals surface area (Å²) in [6.07, 6.45) is 0. The highest BCUT2D eigenvalue weighted by atomic mass is 32.1. The maximum absolute atomic E-state index is 5.28. The van der Waals surface area contributed by atoms with Gasteiger partial charge in [0.2, 0.25) is 0 Å². The molecule has 0 atom stereocenters. The smallest absolute Gasteiger partial charge is 0.0788 e. The third kappa shape index (κ3) is 4.34. The molecule has 2 aromatic heterocycles. The number of fused-ring (bicyclic) bond motifs is 8. The Morgan fingerprint density at radius 3 is 1.70 bits per heavy atom. The van der Waals surface area contributed by atoms with Gasteiger partial charge in [0.15, 0.2) is 0 Å². The van der Waals surface area contributed by atoms with Gasteiger partial charge in [0.1, 0.15) is 0 Å². The Hall–Kier alpha value is -5.83. The van der Waals surface area contributed by atoms with E-state index in [1.165, 1.54) is 80.1 Å². The van der Waals surface area contributed by atoms with Crippen molar-refractivity contribution in [1.82, 2.24) is 4.98 Å². The normalized spacial score (nSPS) is 11.8. The van der Waals surface area contributed by atoms with Crippen LogP contribution in [0.5, 0.6) is 0 Å². The molecule has 0 aliphatic rings. The largest absolute Gasteiger partial charge is 0.247 e. The Bertz CT molecular complexity index is 2860. The van der Waals surface area contributed by atoms with E-state index >= 15 is 0 Å². The van der Waals surface area contributed by atoms with Gasteiger partial charge in [0.25, 0.3) is 0 Å².